The van der Waals surface area contributed by atoms with Crippen LogP contribution in [0.1, 0.15) is 23.4 Å². The molecule has 0 saturated carbocycles. The zero-order valence-electron chi connectivity index (χ0n) is 10.7. The molecule has 0 bridgehead atoms. The van der Waals surface area contributed by atoms with Crippen molar-refractivity contribution in [3.8, 4) is 5.75 Å². The van der Waals surface area contributed by atoms with E-state index in [-0.39, 0.29) is 0 Å². The van der Waals surface area contributed by atoms with Crippen LogP contribution in [0.25, 0.3) is 0 Å². The van der Waals surface area contributed by atoms with E-state index in [0.717, 1.165) is 12.2 Å². The molecular formula is C14H18N2OS. The Hall–Kier alpha value is -1.39. The normalized spacial score (nSPS) is 12.3. The van der Waals surface area contributed by atoms with E-state index in [9.17, 15) is 0 Å². The second-order valence-electron chi connectivity index (χ2n) is 4.02. The fourth-order valence-corrected chi connectivity index (χ4v) is 2.54. The molecule has 0 spiro atoms. The summed E-state index contributed by atoms with van der Waals surface area (Å²) in [7, 11) is 1.99. The topological polar surface area (TPSA) is 34.1 Å². The number of benzene rings is 1. The lowest BCUT2D eigenvalue weighted by Crippen LogP contribution is -2.18. The molecule has 0 amide bonds. The highest BCUT2D eigenvalue weighted by atomic mass is 32.1. The van der Waals surface area contributed by atoms with Gasteiger partial charge in [-0.2, -0.15) is 0 Å². The van der Waals surface area contributed by atoms with E-state index in [1.54, 1.807) is 11.3 Å². The van der Waals surface area contributed by atoms with Gasteiger partial charge in [0.05, 0.1) is 12.1 Å². The van der Waals surface area contributed by atoms with Gasteiger partial charge in [-0.1, -0.05) is 12.1 Å². The summed E-state index contributed by atoms with van der Waals surface area (Å²) in [6.07, 6.45) is 2.90. The van der Waals surface area contributed by atoms with Crippen LogP contribution >= 0.6 is 11.3 Å². The van der Waals surface area contributed by atoms with E-state index >= 15 is 0 Å². The van der Waals surface area contributed by atoms with Crippen molar-refractivity contribution in [1.82, 2.24) is 10.3 Å². The monoisotopic (exact) mass is 262 g/mol. The molecule has 1 N–H and O–H groups in total. The fraction of sp³-hybridized carbons (Fsp3) is 0.357. The number of rotatable bonds is 6. The zero-order chi connectivity index (χ0) is 12.8. The van der Waals surface area contributed by atoms with E-state index in [0.29, 0.717) is 12.6 Å². The molecule has 18 heavy (non-hydrogen) atoms. The largest absolute Gasteiger partial charge is 0.494 e. The van der Waals surface area contributed by atoms with Crippen LogP contribution in [0.5, 0.6) is 5.75 Å². The smallest absolute Gasteiger partial charge is 0.119 e. The summed E-state index contributed by atoms with van der Waals surface area (Å²) >= 11 is 1.70. The molecule has 1 aromatic carbocycles. The van der Waals surface area contributed by atoms with Crippen LogP contribution < -0.4 is 10.1 Å². The second kappa shape index (κ2) is 6.52. The highest BCUT2D eigenvalue weighted by molar-refractivity contribution is 7.09. The Morgan fingerprint density at radius 1 is 1.33 bits per heavy atom. The fourth-order valence-electron chi connectivity index (χ4n) is 1.89. The first-order valence-corrected chi connectivity index (χ1v) is 6.98. The molecule has 0 aliphatic rings. The Kier molecular flexibility index (Phi) is 4.73. The molecule has 1 aromatic heterocycles. The van der Waals surface area contributed by atoms with Crippen molar-refractivity contribution < 1.29 is 4.74 Å². The Balaban J connectivity index is 2.07. The molecule has 2 rings (SSSR count). The lowest BCUT2D eigenvalue weighted by Gasteiger charge is -2.16. The van der Waals surface area contributed by atoms with Crippen LogP contribution in [0.3, 0.4) is 0 Å². The zero-order valence-corrected chi connectivity index (χ0v) is 11.5. The Bertz CT molecular complexity index is 453. The first kappa shape index (κ1) is 13.1. The maximum Gasteiger partial charge on any atom is 0.119 e. The molecule has 0 radical (unpaired) electrons. The molecule has 4 heteroatoms. The molecule has 1 unspecified atom stereocenters. The maximum atomic E-state index is 5.45. The van der Waals surface area contributed by atoms with Gasteiger partial charge in [-0.05, 0) is 31.7 Å². The number of aromatic nitrogens is 1. The lowest BCUT2D eigenvalue weighted by atomic mass is 10.0. The number of nitrogens with one attached hydrogen (secondary N) is 1. The van der Waals surface area contributed by atoms with Crippen molar-refractivity contribution in [2.75, 3.05) is 13.7 Å². The van der Waals surface area contributed by atoms with Gasteiger partial charge < -0.3 is 10.1 Å². The second-order valence-corrected chi connectivity index (χ2v) is 4.99. The molecular weight excluding hydrogens is 244 g/mol. The number of hydrogen-bond donors (Lipinski definition) is 1. The van der Waals surface area contributed by atoms with Gasteiger partial charge in [0.25, 0.3) is 0 Å². The first-order valence-electron chi connectivity index (χ1n) is 6.11. The molecule has 0 fully saturated rings. The van der Waals surface area contributed by atoms with E-state index in [1.807, 2.05) is 37.8 Å². The molecule has 1 atom stereocenters. The van der Waals surface area contributed by atoms with Crippen molar-refractivity contribution in [3.63, 3.8) is 0 Å². The van der Waals surface area contributed by atoms with Crippen LogP contribution in [0.4, 0.5) is 0 Å². The molecule has 3 nitrogen and oxygen atoms in total. The molecule has 0 saturated heterocycles. The highest BCUT2D eigenvalue weighted by Gasteiger charge is 2.11. The van der Waals surface area contributed by atoms with Crippen molar-refractivity contribution in [2.24, 2.45) is 0 Å². The minimum Gasteiger partial charge on any atom is -0.494 e. The summed E-state index contributed by atoms with van der Waals surface area (Å²) in [5.41, 5.74) is 3.15. The quantitative estimate of drug-likeness (QED) is 0.869. The molecule has 96 valence electrons. The van der Waals surface area contributed by atoms with Gasteiger partial charge in [-0.3, -0.25) is 4.98 Å². The van der Waals surface area contributed by atoms with Crippen molar-refractivity contribution >= 4 is 11.3 Å². The Morgan fingerprint density at radius 2 is 2.11 bits per heavy atom. The van der Waals surface area contributed by atoms with E-state index in [2.05, 4.69) is 22.4 Å². The SMILES string of the molecule is CCOc1ccc(C(Cc2cncs2)NC)cc1. The van der Waals surface area contributed by atoms with Crippen molar-refractivity contribution in [1.29, 1.82) is 0 Å². The minimum atomic E-state index is 0.320. The summed E-state index contributed by atoms with van der Waals surface area (Å²) in [6.45, 7) is 2.70. The van der Waals surface area contributed by atoms with Gasteiger partial charge in [-0.25, -0.2) is 0 Å². The van der Waals surface area contributed by atoms with E-state index in [1.165, 1.54) is 10.4 Å². The van der Waals surface area contributed by atoms with Crippen LogP contribution in [0, 0.1) is 0 Å². The summed E-state index contributed by atoms with van der Waals surface area (Å²) in [4.78, 5) is 5.41. The predicted octanol–water partition coefficient (Wildman–Crippen LogP) is 3.05. The van der Waals surface area contributed by atoms with Gasteiger partial charge in [-0.15, -0.1) is 11.3 Å². The standard InChI is InChI=1S/C14H18N2OS/c1-3-17-12-6-4-11(5-7-12)14(15-2)8-13-9-16-10-18-13/h4-7,9-10,14-15H,3,8H2,1-2H3. The van der Waals surface area contributed by atoms with Crippen LogP contribution in [0.2, 0.25) is 0 Å². The van der Waals surface area contributed by atoms with Crippen LogP contribution in [0.15, 0.2) is 36.0 Å². The third kappa shape index (κ3) is 3.31. The van der Waals surface area contributed by atoms with Gasteiger partial charge >= 0.3 is 0 Å². The molecule has 0 aliphatic carbocycles. The van der Waals surface area contributed by atoms with Crippen LogP contribution in [-0.4, -0.2) is 18.6 Å². The van der Waals surface area contributed by atoms with Crippen molar-refractivity contribution in [2.45, 2.75) is 19.4 Å². The first-order chi connectivity index (χ1) is 8.83. The highest BCUT2D eigenvalue weighted by Crippen LogP contribution is 2.22. The Labute approximate surface area is 112 Å². The van der Waals surface area contributed by atoms with Crippen molar-refractivity contribution in [3.05, 3.63) is 46.4 Å². The van der Waals surface area contributed by atoms with E-state index < -0.39 is 0 Å². The number of nitrogens with zero attached hydrogens (tertiary/aromatic N) is 1. The summed E-state index contributed by atoms with van der Waals surface area (Å²) < 4.78 is 5.45. The molecule has 0 aliphatic heterocycles. The van der Waals surface area contributed by atoms with Gasteiger partial charge in [0.2, 0.25) is 0 Å². The number of likely N-dealkylation sites (N-methyl/N-ethyl adjacent to an activating group) is 1. The maximum absolute atomic E-state index is 5.45. The molecule has 1 heterocycles. The number of thiazole rings is 1. The summed E-state index contributed by atoms with van der Waals surface area (Å²) in [5, 5.41) is 3.35. The van der Waals surface area contributed by atoms with Gasteiger partial charge in [0.1, 0.15) is 5.75 Å². The lowest BCUT2D eigenvalue weighted by molar-refractivity contribution is 0.340. The average molecular weight is 262 g/mol. The number of ether oxygens (including phenoxy) is 1. The average Bonchev–Trinajstić information content (AvgIpc) is 2.90. The van der Waals surface area contributed by atoms with E-state index in [4.69, 9.17) is 4.74 Å². The third-order valence-electron chi connectivity index (χ3n) is 2.83. The predicted molar refractivity (Wildman–Crippen MR) is 75.2 cm³/mol. The van der Waals surface area contributed by atoms with Crippen LogP contribution in [-0.2, 0) is 6.42 Å². The number of hydrogen-bond acceptors (Lipinski definition) is 4. The summed E-state index contributed by atoms with van der Waals surface area (Å²) in [6, 6.07) is 8.60. The minimum absolute atomic E-state index is 0.320. The third-order valence-corrected chi connectivity index (χ3v) is 3.63. The molecule has 2 aromatic rings. The van der Waals surface area contributed by atoms with Gasteiger partial charge in [0, 0.05) is 23.5 Å². The Morgan fingerprint density at radius 3 is 2.67 bits per heavy atom. The van der Waals surface area contributed by atoms with Gasteiger partial charge in [0.15, 0.2) is 0 Å². The summed E-state index contributed by atoms with van der Waals surface area (Å²) in [5.74, 6) is 0.925.